The second-order valence-corrected chi connectivity index (χ2v) is 7.42. The number of fused-ring (bicyclic) bond motifs is 1. The van der Waals surface area contributed by atoms with Crippen molar-refractivity contribution in [1.82, 2.24) is 10.3 Å². The molecule has 2 heterocycles. The highest BCUT2D eigenvalue weighted by molar-refractivity contribution is 7.20. The SMILES string of the molecule is CCOC(=O)NC(=O)c1ccsc1CC(=O)c1nc2cc(OC)ccc2s1. The van der Waals surface area contributed by atoms with Gasteiger partial charge in [-0.2, -0.15) is 0 Å². The molecule has 9 heteroatoms. The number of Topliss-reactive ketones (excluding diaryl/α,β-unsaturated/α-hetero) is 1. The highest BCUT2D eigenvalue weighted by Crippen LogP contribution is 2.27. The maximum atomic E-state index is 12.6. The fourth-order valence-electron chi connectivity index (χ4n) is 2.38. The monoisotopic (exact) mass is 404 g/mol. The molecule has 27 heavy (non-hydrogen) atoms. The molecule has 0 unspecified atom stereocenters. The third kappa shape index (κ3) is 4.32. The minimum Gasteiger partial charge on any atom is -0.497 e. The second-order valence-electron chi connectivity index (χ2n) is 5.38. The molecule has 1 N–H and O–H groups in total. The number of amides is 2. The summed E-state index contributed by atoms with van der Waals surface area (Å²) in [5.41, 5.74) is 0.971. The van der Waals surface area contributed by atoms with Crippen LogP contribution < -0.4 is 10.1 Å². The number of hydrogen-bond donors (Lipinski definition) is 1. The number of aromatic nitrogens is 1. The van der Waals surface area contributed by atoms with Gasteiger partial charge in [-0.15, -0.1) is 22.7 Å². The fraction of sp³-hybridized carbons (Fsp3) is 0.222. The van der Waals surface area contributed by atoms with Crippen LogP contribution in [-0.4, -0.2) is 36.5 Å². The molecule has 0 saturated heterocycles. The molecule has 2 amide bonds. The standard InChI is InChI=1S/C18H16N2O5S2/c1-3-25-18(23)20-16(22)11-6-7-26-15(11)9-13(21)17-19-12-8-10(24-2)4-5-14(12)27-17/h4-8H,3,9H2,1-2H3,(H,20,22,23). The lowest BCUT2D eigenvalue weighted by Gasteiger charge is -2.04. The van der Waals surface area contributed by atoms with Crippen LogP contribution in [0.4, 0.5) is 4.79 Å². The van der Waals surface area contributed by atoms with Gasteiger partial charge in [0.2, 0.25) is 0 Å². The lowest BCUT2D eigenvalue weighted by molar-refractivity contribution is 0.0925. The number of nitrogens with zero attached hydrogens (tertiary/aromatic N) is 1. The highest BCUT2D eigenvalue weighted by atomic mass is 32.1. The highest BCUT2D eigenvalue weighted by Gasteiger charge is 2.20. The van der Waals surface area contributed by atoms with Crippen molar-refractivity contribution < 1.29 is 23.9 Å². The summed E-state index contributed by atoms with van der Waals surface area (Å²) in [5, 5.41) is 4.20. The Bertz CT molecular complexity index is 1010. The van der Waals surface area contributed by atoms with E-state index < -0.39 is 12.0 Å². The molecule has 7 nitrogen and oxygen atoms in total. The Morgan fingerprint density at radius 3 is 2.78 bits per heavy atom. The van der Waals surface area contributed by atoms with Gasteiger partial charge in [0.1, 0.15) is 5.75 Å². The van der Waals surface area contributed by atoms with Crippen LogP contribution in [0.25, 0.3) is 10.2 Å². The van der Waals surface area contributed by atoms with Gasteiger partial charge in [0.25, 0.3) is 5.91 Å². The van der Waals surface area contributed by atoms with Gasteiger partial charge in [0.15, 0.2) is 10.8 Å². The smallest absolute Gasteiger partial charge is 0.414 e. The van der Waals surface area contributed by atoms with E-state index in [1.807, 2.05) is 12.1 Å². The first-order valence-electron chi connectivity index (χ1n) is 8.04. The van der Waals surface area contributed by atoms with Crippen LogP contribution in [0.1, 0.15) is 32.0 Å². The Labute approximate surface area is 162 Å². The summed E-state index contributed by atoms with van der Waals surface area (Å²) in [6.45, 7) is 1.81. The van der Waals surface area contributed by atoms with Gasteiger partial charge in [0, 0.05) is 17.4 Å². The van der Waals surface area contributed by atoms with Crippen molar-refractivity contribution in [3.8, 4) is 5.75 Å². The van der Waals surface area contributed by atoms with E-state index in [0.29, 0.717) is 21.2 Å². The van der Waals surface area contributed by atoms with Crippen molar-refractivity contribution in [3.05, 3.63) is 45.1 Å². The first-order chi connectivity index (χ1) is 13.0. The molecule has 1 aromatic carbocycles. The number of benzene rings is 1. The molecule has 0 fully saturated rings. The number of rotatable bonds is 6. The maximum absolute atomic E-state index is 12.6. The van der Waals surface area contributed by atoms with E-state index in [2.05, 4.69) is 10.3 Å². The third-order valence-electron chi connectivity index (χ3n) is 3.64. The number of methoxy groups -OCH3 is 1. The van der Waals surface area contributed by atoms with Crippen LogP contribution in [0, 0.1) is 0 Å². The van der Waals surface area contributed by atoms with E-state index in [1.165, 1.54) is 22.7 Å². The van der Waals surface area contributed by atoms with Gasteiger partial charge >= 0.3 is 6.09 Å². The molecule has 3 aromatic rings. The number of carbonyl (C=O) groups excluding carboxylic acids is 3. The van der Waals surface area contributed by atoms with E-state index in [9.17, 15) is 14.4 Å². The zero-order chi connectivity index (χ0) is 19.4. The molecule has 0 atom stereocenters. The van der Waals surface area contributed by atoms with Crippen molar-refractivity contribution in [1.29, 1.82) is 0 Å². The van der Waals surface area contributed by atoms with E-state index in [4.69, 9.17) is 9.47 Å². The van der Waals surface area contributed by atoms with Gasteiger partial charge in [-0.3, -0.25) is 14.9 Å². The lowest BCUT2D eigenvalue weighted by Crippen LogP contribution is -2.31. The number of carbonyl (C=O) groups is 3. The predicted octanol–water partition coefficient (Wildman–Crippen LogP) is 3.68. The van der Waals surface area contributed by atoms with Crippen LogP contribution >= 0.6 is 22.7 Å². The Kier molecular flexibility index (Phi) is 5.82. The van der Waals surface area contributed by atoms with Gasteiger partial charge in [0.05, 0.1) is 29.5 Å². The summed E-state index contributed by atoms with van der Waals surface area (Å²) < 4.78 is 10.7. The zero-order valence-electron chi connectivity index (χ0n) is 14.6. The molecule has 0 aliphatic heterocycles. The predicted molar refractivity (Wildman–Crippen MR) is 103 cm³/mol. The Balaban J connectivity index is 1.76. The topological polar surface area (TPSA) is 94.6 Å². The van der Waals surface area contributed by atoms with Crippen LogP contribution in [0.3, 0.4) is 0 Å². The first-order valence-corrected chi connectivity index (χ1v) is 9.73. The maximum Gasteiger partial charge on any atom is 0.414 e. The largest absolute Gasteiger partial charge is 0.497 e. The molecule has 0 saturated carbocycles. The Morgan fingerprint density at radius 2 is 2.04 bits per heavy atom. The van der Waals surface area contributed by atoms with Gasteiger partial charge in [-0.25, -0.2) is 9.78 Å². The number of ketones is 1. The first kappa shape index (κ1) is 19.0. The third-order valence-corrected chi connectivity index (χ3v) is 5.63. The fourth-order valence-corrected chi connectivity index (χ4v) is 4.14. The number of hydrogen-bond acceptors (Lipinski definition) is 8. The van der Waals surface area contributed by atoms with Crippen molar-refractivity contribution >= 4 is 50.7 Å². The number of thiazole rings is 1. The summed E-state index contributed by atoms with van der Waals surface area (Å²) in [7, 11) is 1.57. The summed E-state index contributed by atoms with van der Waals surface area (Å²) in [6, 6.07) is 7.01. The number of thiophene rings is 1. The quantitative estimate of drug-likeness (QED) is 0.630. The molecular formula is C18H16N2O5S2. The zero-order valence-corrected chi connectivity index (χ0v) is 16.2. The van der Waals surface area contributed by atoms with Crippen molar-refractivity contribution in [2.75, 3.05) is 13.7 Å². The van der Waals surface area contributed by atoms with Gasteiger partial charge in [-0.05, 0) is 30.5 Å². The number of alkyl carbamates (subject to hydrolysis) is 1. The lowest BCUT2D eigenvalue weighted by atomic mass is 10.1. The Hall–Kier alpha value is -2.78. The number of nitrogens with one attached hydrogen (secondary N) is 1. The van der Waals surface area contributed by atoms with Gasteiger partial charge < -0.3 is 9.47 Å². The van der Waals surface area contributed by atoms with Crippen molar-refractivity contribution in [2.45, 2.75) is 13.3 Å². The molecule has 0 aliphatic carbocycles. The van der Waals surface area contributed by atoms with Crippen LogP contribution in [0.2, 0.25) is 0 Å². The van der Waals surface area contributed by atoms with Crippen LogP contribution in [0.5, 0.6) is 5.75 Å². The average molecular weight is 404 g/mol. The summed E-state index contributed by atoms with van der Waals surface area (Å²) in [4.78, 5) is 41.2. The molecule has 140 valence electrons. The molecule has 3 rings (SSSR count). The molecule has 0 radical (unpaired) electrons. The molecule has 0 bridgehead atoms. The molecular weight excluding hydrogens is 388 g/mol. The van der Waals surface area contributed by atoms with E-state index >= 15 is 0 Å². The summed E-state index contributed by atoms with van der Waals surface area (Å²) in [5.74, 6) is -0.114. The molecule has 0 spiro atoms. The minimum absolute atomic E-state index is 0.0280. The van der Waals surface area contributed by atoms with Gasteiger partial charge in [-0.1, -0.05) is 0 Å². The number of ether oxygens (including phenoxy) is 2. The normalized spacial score (nSPS) is 10.6. The van der Waals surface area contributed by atoms with Crippen molar-refractivity contribution in [3.63, 3.8) is 0 Å². The van der Waals surface area contributed by atoms with E-state index in [1.54, 1.807) is 31.5 Å². The minimum atomic E-state index is -0.814. The second kappa shape index (κ2) is 8.28. The molecule has 0 aliphatic rings. The molecule has 2 aromatic heterocycles. The van der Waals surface area contributed by atoms with Crippen LogP contribution in [0.15, 0.2) is 29.6 Å². The van der Waals surface area contributed by atoms with E-state index in [-0.39, 0.29) is 24.4 Å². The van der Waals surface area contributed by atoms with E-state index in [0.717, 1.165) is 4.70 Å². The summed E-state index contributed by atoms with van der Waals surface area (Å²) >= 11 is 2.57. The number of imide groups is 1. The van der Waals surface area contributed by atoms with Crippen LogP contribution in [-0.2, 0) is 11.2 Å². The van der Waals surface area contributed by atoms with Crippen molar-refractivity contribution in [2.24, 2.45) is 0 Å². The summed E-state index contributed by atoms with van der Waals surface area (Å²) in [6.07, 6.45) is -0.786. The average Bonchev–Trinajstić information content (AvgIpc) is 3.27. The Morgan fingerprint density at radius 1 is 1.22 bits per heavy atom.